The quantitative estimate of drug-likeness (QED) is 0.755. The number of nitrogens with one attached hydrogen (secondary N) is 1. The average molecular weight is 206 g/mol. The van der Waals surface area contributed by atoms with Gasteiger partial charge in [0.05, 0.1) is 0 Å². The monoisotopic (exact) mass is 206 g/mol. The molecular formula is C12H18N2O. The molecule has 2 rings (SSSR count). The highest BCUT2D eigenvalue weighted by molar-refractivity contribution is 5.15. The highest BCUT2D eigenvalue weighted by Gasteiger charge is 2.19. The minimum absolute atomic E-state index is 0.125. The van der Waals surface area contributed by atoms with E-state index in [0.29, 0.717) is 5.92 Å². The highest BCUT2D eigenvalue weighted by Crippen LogP contribution is 2.25. The molecule has 0 saturated carbocycles. The number of aryl methyl sites for hydroxylation is 1. The topological polar surface area (TPSA) is 36.1 Å². The van der Waals surface area contributed by atoms with E-state index in [9.17, 15) is 4.79 Å². The van der Waals surface area contributed by atoms with E-state index >= 15 is 0 Å². The molecule has 1 saturated heterocycles. The van der Waals surface area contributed by atoms with E-state index in [1.165, 1.54) is 0 Å². The lowest BCUT2D eigenvalue weighted by Gasteiger charge is -2.28. The van der Waals surface area contributed by atoms with Crippen LogP contribution in [0.25, 0.3) is 0 Å². The van der Waals surface area contributed by atoms with E-state index in [4.69, 9.17) is 0 Å². The fourth-order valence-electron chi connectivity index (χ4n) is 2.25. The first kappa shape index (κ1) is 10.4. The second kappa shape index (κ2) is 4.19. The number of hydrogen-bond acceptors (Lipinski definition) is 2. The normalized spacial score (nSPS) is 19.3. The summed E-state index contributed by atoms with van der Waals surface area (Å²) in [6.07, 6.45) is 2.30. The van der Waals surface area contributed by atoms with Crippen molar-refractivity contribution in [3.8, 4) is 0 Å². The Morgan fingerprint density at radius 1 is 1.33 bits per heavy atom. The number of nitrogens with zero attached hydrogens (tertiary/aromatic N) is 1. The maximum absolute atomic E-state index is 11.4. The van der Waals surface area contributed by atoms with Crippen molar-refractivity contribution in [2.24, 2.45) is 0 Å². The van der Waals surface area contributed by atoms with E-state index in [1.54, 1.807) is 12.1 Å². The van der Waals surface area contributed by atoms with Crippen LogP contribution in [0.15, 0.2) is 16.9 Å². The Morgan fingerprint density at radius 3 is 2.60 bits per heavy atom. The number of aromatic amines is 1. The first-order chi connectivity index (χ1) is 7.15. The average Bonchev–Trinajstić information content (AvgIpc) is 2.17. The van der Waals surface area contributed by atoms with E-state index < -0.39 is 0 Å². The molecule has 82 valence electrons. The fraction of sp³-hybridized carbons (Fsp3) is 0.583. The molecule has 15 heavy (non-hydrogen) atoms. The predicted molar refractivity (Wildman–Crippen MR) is 61.3 cm³/mol. The Balaban J connectivity index is 2.19. The zero-order chi connectivity index (χ0) is 10.8. The van der Waals surface area contributed by atoms with Crippen molar-refractivity contribution in [2.45, 2.75) is 25.7 Å². The molecule has 1 aromatic rings. The van der Waals surface area contributed by atoms with Crippen molar-refractivity contribution < 1.29 is 0 Å². The van der Waals surface area contributed by atoms with E-state index in [2.05, 4.69) is 16.9 Å². The summed E-state index contributed by atoms with van der Waals surface area (Å²) < 4.78 is 0. The van der Waals surface area contributed by atoms with Gasteiger partial charge in [-0.2, -0.15) is 0 Å². The largest absolute Gasteiger partial charge is 0.362 e. The lowest BCUT2D eigenvalue weighted by Crippen LogP contribution is -2.30. The molecular weight excluding hydrogens is 188 g/mol. The van der Waals surface area contributed by atoms with Gasteiger partial charge in [-0.25, -0.2) is 0 Å². The van der Waals surface area contributed by atoms with Gasteiger partial charge in [-0.15, -0.1) is 0 Å². The molecule has 3 heteroatoms. The van der Waals surface area contributed by atoms with Gasteiger partial charge < -0.3 is 9.88 Å². The second-order valence-corrected chi connectivity index (χ2v) is 4.53. The van der Waals surface area contributed by atoms with Crippen molar-refractivity contribution in [3.05, 3.63) is 33.7 Å². The standard InChI is InChI=1S/C12H18N2O/c1-9-7-11(15)8-12(13-9)10-3-5-14(2)6-4-10/h7-8,10H,3-6H2,1-2H3,(H,13,15). The van der Waals surface area contributed by atoms with E-state index in [1.807, 2.05) is 6.92 Å². The summed E-state index contributed by atoms with van der Waals surface area (Å²) in [4.78, 5) is 17.0. The summed E-state index contributed by atoms with van der Waals surface area (Å²) in [5.41, 5.74) is 2.21. The summed E-state index contributed by atoms with van der Waals surface area (Å²) in [5.74, 6) is 0.536. The Bertz CT molecular complexity index is 389. The molecule has 0 bridgehead atoms. The first-order valence-electron chi connectivity index (χ1n) is 5.54. The van der Waals surface area contributed by atoms with Crippen LogP contribution in [0.1, 0.15) is 30.1 Å². The first-order valence-corrected chi connectivity index (χ1v) is 5.54. The third-order valence-electron chi connectivity index (χ3n) is 3.16. The molecule has 0 spiro atoms. The maximum Gasteiger partial charge on any atom is 0.182 e. The van der Waals surface area contributed by atoms with Crippen molar-refractivity contribution >= 4 is 0 Å². The van der Waals surface area contributed by atoms with Gasteiger partial charge >= 0.3 is 0 Å². The summed E-state index contributed by atoms with van der Waals surface area (Å²) in [6, 6.07) is 3.40. The summed E-state index contributed by atoms with van der Waals surface area (Å²) >= 11 is 0. The van der Waals surface area contributed by atoms with Gasteiger partial charge in [0, 0.05) is 29.4 Å². The minimum atomic E-state index is 0.125. The second-order valence-electron chi connectivity index (χ2n) is 4.53. The molecule has 1 aliphatic rings. The van der Waals surface area contributed by atoms with Gasteiger partial charge in [-0.3, -0.25) is 4.79 Å². The van der Waals surface area contributed by atoms with Gasteiger partial charge in [-0.05, 0) is 39.9 Å². The Hall–Kier alpha value is -1.09. The van der Waals surface area contributed by atoms with Crippen LogP contribution in [-0.2, 0) is 0 Å². The summed E-state index contributed by atoms with van der Waals surface area (Å²) in [6.45, 7) is 4.20. The Kier molecular flexibility index (Phi) is 2.91. The van der Waals surface area contributed by atoms with E-state index in [-0.39, 0.29) is 5.43 Å². The fourth-order valence-corrected chi connectivity index (χ4v) is 2.25. The number of H-pyrrole nitrogens is 1. The van der Waals surface area contributed by atoms with Crippen molar-refractivity contribution in [1.82, 2.24) is 9.88 Å². The van der Waals surface area contributed by atoms with Gasteiger partial charge in [-0.1, -0.05) is 0 Å². The molecule has 0 unspecified atom stereocenters. The molecule has 0 aromatic carbocycles. The van der Waals surface area contributed by atoms with E-state index in [0.717, 1.165) is 37.3 Å². The van der Waals surface area contributed by atoms with Crippen LogP contribution >= 0.6 is 0 Å². The Morgan fingerprint density at radius 2 is 2.00 bits per heavy atom. The predicted octanol–water partition coefficient (Wildman–Crippen LogP) is 1.49. The summed E-state index contributed by atoms with van der Waals surface area (Å²) in [7, 11) is 2.15. The number of pyridine rings is 1. The maximum atomic E-state index is 11.4. The van der Waals surface area contributed by atoms with Crippen molar-refractivity contribution in [2.75, 3.05) is 20.1 Å². The van der Waals surface area contributed by atoms with Crippen molar-refractivity contribution in [3.63, 3.8) is 0 Å². The molecule has 0 atom stereocenters. The Labute approximate surface area is 90.1 Å². The van der Waals surface area contributed by atoms with Gasteiger partial charge in [0.2, 0.25) is 0 Å². The van der Waals surface area contributed by atoms with Crippen LogP contribution in [0.4, 0.5) is 0 Å². The van der Waals surface area contributed by atoms with Gasteiger partial charge in [0.1, 0.15) is 0 Å². The molecule has 1 fully saturated rings. The van der Waals surface area contributed by atoms with Crippen LogP contribution in [-0.4, -0.2) is 30.0 Å². The third-order valence-corrected chi connectivity index (χ3v) is 3.16. The van der Waals surface area contributed by atoms with Gasteiger partial charge in [0.25, 0.3) is 0 Å². The molecule has 2 heterocycles. The number of piperidine rings is 1. The lowest BCUT2D eigenvalue weighted by atomic mass is 9.93. The molecule has 1 aliphatic heterocycles. The number of aromatic nitrogens is 1. The highest BCUT2D eigenvalue weighted by atomic mass is 16.1. The van der Waals surface area contributed by atoms with Crippen LogP contribution in [0, 0.1) is 6.92 Å². The molecule has 0 radical (unpaired) electrons. The number of hydrogen-bond donors (Lipinski definition) is 1. The summed E-state index contributed by atoms with van der Waals surface area (Å²) in [5, 5.41) is 0. The molecule has 1 aromatic heterocycles. The number of rotatable bonds is 1. The SMILES string of the molecule is Cc1cc(=O)cc(C2CCN(C)CC2)[nH]1. The minimum Gasteiger partial charge on any atom is -0.362 e. The van der Waals surface area contributed by atoms with Crippen LogP contribution in [0.3, 0.4) is 0 Å². The molecule has 3 nitrogen and oxygen atoms in total. The van der Waals surface area contributed by atoms with Crippen LogP contribution in [0.2, 0.25) is 0 Å². The smallest absolute Gasteiger partial charge is 0.182 e. The molecule has 0 amide bonds. The molecule has 1 N–H and O–H groups in total. The van der Waals surface area contributed by atoms with Gasteiger partial charge in [0.15, 0.2) is 5.43 Å². The van der Waals surface area contributed by atoms with Crippen LogP contribution in [0.5, 0.6) is 0 Å². The zero-order valence-corrected chi connectivity index (χ0v) is 9.42. The number of likely N-dealkylation sites (tertiary alicyclic amines) is 1. The van der Waals surface area contributed by atoms with Crippen LogP contribution < -0.4 is 5.43 Å². The molecule has 0 aliphatic carbocycles. The zero-order valence-electron chi connectivity index (χ0n) is 9.42. The third kappa shape index (κ3) is 2.48. The van der Waals surface area contributed by atoms with Crippen molar-refractivity contribution in [1.29, 1.82) is 0 Å². The lowest BCUT2D eigenvalue weighted by molar-refractivity contribution is 0.253.